The lowest BCUT2D eigenvalue weighted by Crippen LogP contribution is -2.46. The Morgan fingerprint density at radius 1 is 1.14 bits per heavy atom. The van der Waals surface area contributed by atoms with E-state index >= 15 is 0 Å². The van der Waals surface area contributed by atoms with Crippen LogP contribution in [0, 0.1) is 0 Å². The number of halogens is 1. The third kappa shape index (κ3) is 5.64. The maximum Gasteiger partial charge on any atom is 0.310 e. The van der Waals surface area contributed by atoms with Crippen LogP contribution in [0.4, 0.5) is 5.69 Å². The lowest BCUT2D eigenvalue weighted by molar-refractivity contribution is -0.143. The molecule has 8 heteroatoms. The number of hydrogen-bond donors (Lipinski definition) is 1. The van der Waals surface area contributed by atoms with Gasteiger partial charge in [-0.05, 0) is 42.8 Å². The molecule has 1 unspecified atom stereocenters. The number of anilines is 1. The number of aromatic nitrogens is 1. The summed E-state index contributed by atoms with van der Waals surface area (Å²) in [7, 11) is 0. The highest BCUT2D eigenvalue weighted by molar-refractivity contribution is 6.31. The van der Waals surface area contributed by atoms with Gasteiger partial charge in [-0.3, -0.25) is 14.7 Å². The van der Waals surface area contributed by atoms with Gasteiger partial charge in [0.05, 0.1) is 13.0 Å². The summed E-state index contributed by atoms with van der Waals surface area (Å²) in [4.78, 5) is 21.4. The molecular weight excluding hydrogens is 490 g/mol. The molecule has 0 bridgehead atoms. The summed E-state index contributed by atoms with van der Waals surface area (Å²) in [5.41, 5.74) is 4.94. The highest BCUT2D eigenvalue weighted by Crippen LogP contribution is 2.43. The van der Waals surface area contributed by atoms with E-state index in [1.54, 1.807) is 25.4 Å². The van der Waals surface area contributed by atoms with Gasteiger partial charge in [0, 0.05) is 78.1 Å². The first-order valence-corrected chi connectivity index (χ1v) is 12.9. The number of nitrogens with zero attached hydrogens (tertiary/aromatic N) is 3. The van der Waals surface area contributed by atoms with Crippen molar-refractivity contribution in [2.75, 3.05) is 37.7 Å². The monoisotopic (exact) mass is 519 g/mol. The van der Waals surface area contributed by atoms with Crippen LogP contribution in [-0.2, 0) is 16.1 Å². The van der Waals surface area contributed by atoms with Crippen molar-refractivity contribution in [3.05, 3.63) is 94.3 Å². The number of esters is 1. The predicted octanol–water partition coefficient (Wildman–Crippen LogP) is 4.52. The molecule has 3 heterocycles. The number of ether oxygens (including phenoxy) is 2. The number of benzene rings is 2. The predicted molar refractivity (Wildman–Crippen MR) is 144 cm³/mol. The maximum atomic E-state index is 12.4. The van der Waals surface area contributed by atoms with E-state index in [9.17, 15) is 9.90 Å². The molecule has 2 aliphatic heterocycles. The summed E-state index contributed by atoms with van der Waals surface area (Å²) in [5, 5.41) is 11.4. The summed E-state index contributed by atoms with van der Waals surface area (Å²) in [5.74, 6) is 0.0528. The van der Waals surface area contributed by atoms with Gasteiger partial charge in [-0.2, -0.15) is 0 Å². The van der Waals surface area contributed by atoms with Crippen LogP contribution >= 0.6 is 11.6 Å². The number of pyridine rings is 1. The van der Waals surface area contributed by atoms with Crippen molar-refractivity contribution >= 4 is 28.8 Å². The van der Waals surface area contributed by atoms with Gasteiger partial charge < -0.3 is 19.5 Å². The molecule has 1 fully saturated rings. The summed E-state index contributed by atoms with van der Waals surface area (Å²) in [6, 6.07) is 18.0. The number of carbonyl (C=O) groups excluding carboxylic acids is 1. The zero-order chi connectivity index (χ0) is 25.8. The van der Waals surface area contributed by atoms with E-state index in [2.05, 4.69) is 39.0 Å². The van der Waals surface area contributed by atoms with Gasteiger partial charge in [0.25, 0.3) is 0 Å². The van der Waals surface area contributed by atoms with E-state index in [1.165, 1.54) is 5.69 Å². The van der Waals surface area contributed by atoms with Crippen molar-refractivity contribution in [3.63, 3.8) is 0 Å². The first-order valence-electron chi connectivity index (χ1n) is 12.5. The number of fused-ring (bicyclic) bond motifs is 1. The topological polar surface area (TPSA) is 75.1 Å². The Kier molecular flexibility index (Phi) is 7.74. The molecule has 1 N–H and O–H groups in total. The second-order valence-corrected chi connectivity index (χ2v) is 9.54. The van der Waals surface area contributed by atoms with Gasteiger partial charge in [0.1, 0.15) is 5.75 Å². The molecule has 1 saturated heterocycles. The SMILES string of the molecule is CCOC(=O)CC1=C(c2cccnc2)c2cc(CN3CCN(c4ccccc4)CC3)c(Cl)cc2OC1O. The van der Waals surface area contributed by atoms with Crippen LogP contribution in [0.1, 0.15) is 30.0 Å². The van der Waals surface area contributed by atoms with Crippen LogP contribution in [0.3, 0.4) is 0 Å². The van der Waals surface area contributed by atoms with Crippen LogP contribution in [-0.4, -0.2) is 60.0 Å². The van der Waals surface area contributed by atoms with Crippen LogP contribution in [0.2, 0.25) is 5.02 Å². The quantitative estimate of drug-likeness (QED) is 0.460. The third-order valence-electron chi connectivity index (χ3n) is 6.75. The number of piperazine rings is 1. The highest BCUT2D eigenvalue weighted by atomic mass is 35.5. The first kappa shape index (κ1) is 25.3. The Morgan fingerprint density at radius 3 is 2.62 bits per heavy atom. The standard InChI is InChI=1S/C29H30ClN3O4/c1-2-36-27(34)16-24-28(20-7-6-10-31-18-20)23-15-21(25(30)17-26(23)37-29(24)35)19-32-11-13-33(14-12-32)22-8-4-3-5-9-22/h3-10,15,17-18,29,35H,2,11-14,16,19H2,1H3. The van der Waals surface area contributed by atoms with Crippen molar-refractivity contribution in [2.45, 2.75) is 26.2 Å². The van der Waals surface area contributed by atoms with E-state index in [4.69, 9.17) is 21.1 Å². The number of aliphatic hydroxyl groups excluding tert-OH is 1. The zero-order valence-corrected chi connectivity index (χ0v) is 21.5. The minimum atomic E-state index is -1.29. The Hall–Kier alpha value is -3.39. The second-order valence-electron chi connectivity index (χ2n) is 9.13. The summed E-state index contributed by atoms with van der Waals surface area (Å²) >= 11 is 6.71. The van der Waals surface area contributed by atoms with E-state index in [1.807, 2.05) is 24.3 Å². The smallest absolute Gasteiger partial charge is 0.310 e. The molecule has 1 aromatic heterocycles. The molecule has 37 heavy (non-hydrogen) atoms. The summed E-state index contributed by atoms with van der Waals surface area (Å²) in [6.45, 7) is 6.40. The van der Waals surface area contributed by atoms with Gasteiger partial charge in [0.2, 0.25) is 6.29 Å². The number of carbonyl (C=O) groups is 1. The average Bonchev–Trinajstić information content (AvgIpc) is 2.91. The van der Waals surface area contributed by atoms with Crippen LogP contribution < -0.4 is 9.64 Å². The van der Waals surface area contributed by atoms with Gasteiger partial charge in [-0.1, -0.05) is 35.9 Å². The highest BCUT2D eigenvalue weighted by Gasteiger charge is 2.31. The lowest BCUT2D eigenvalue weighted by atomic mass is 9.88. The molecule has 7 nitrogen and oxygen atoms in total. The molecule has 0 saturated carbocycles. The van der Waals surface area contributed by atoms with E-state index < -0.39 is 12.3 Å². The minimum Gasteiger partial charge on any atom is -0.466 e. The number of para-hydroxylation sites is 1. The molecular formula is C29H30ClN3O4. The lowest BCUT2D eigenvalue weighted by Gasteiger charge is -2.36. The number of aliphatic hydroxyl groups is 1. The third-order valence-corrected chi connectivity index (χ3v) is 7.11. The van der Waals surface area contributed by atoms with Gasteiger partial charge in [-0.25, -0.2) is 0 Å². The molecule has 0 amide bonds. The fraction of sp³-hybridized carbons (Fsp3) is 0.310. The van der Waals surface area contributed by atoms with E-state index in [0.717, 1.165) is 48.4 Å². The molecule has 3 aromatic rings. The normalized spacial score (nSPS) is 17.8. The maximum absolute atomic E-state index is 12.4. The van der Waals surface area contributed by atoms with Crippen LogP contribution in [0.5, 0.6) is 5.75 Å². The Bertz CT molecular complexity index is 1280. The van der Waals surface area contributed by atoms with E-state index in [0.29, 0.717) is 22.9 Å². The van der Waals surface area contributed by atoms with Crippen molar-refractivity contribution in [1.82, 2.24) is 9.88 Å². The summed E-state index contributed by atoms with van der Waals surface area (Å²) < 4.78 is 11.0. The van der Waals surface area contributed by atoms with Gasteiger partial charge in [-0.15, -0.1) is 0 Å². The summed E-state index contributed by atoms with van der Waals surface area (Å²) in [6.07, 6.45) is 2.03. The molecule has 2 aromatic carbocycles. The van der Waals surface area contributed by atoms with Crippen molar-refractivity contribution in [2.24, 2.45) is 0 Å². The van der Waals surface area contributed by atoms with Crippen molar-refractivity contribution in [3.8, 4) is 5.75 Å². The minimum absolute atomic E-state index is 0.0852. The van der Waals surface area contributed by atoms with Crippen molar-refractivity contribution in [1.29, 1.82) is 0 Å². The fourth-order valence-electron chi connectivity index (χ4n) is 4.94. The molecule has 0 aliphatic carbocycles. The molecule has 0 radical (unpaired) electrons. The van der Waals surface area contributed by atoms with Crippen molar-refractivity contribution < 1.29 is 19.4 Å². The molecule has 1 atom stereocenters. The Labute approximate surface area is 221 Å². The van der Waals surface area contributed by atoms with Gasteiger partial charge >= 0.3 is 5.97 Å². The zero-order valence-electron chi connectivity index (χ0n) is 20.8. The largest absolute Gasteiger partial charge is 0.466 e. The Balaban J connectivity index is 1.44. The number of rotatable bonds is 7. The van der Waals surface area contributed by atoms with Gasteiger partial charge in [0.15, 0.2) is 0 Å². The number of hydrogen-bond acceptors (Lipinski definition) is 7. The molecule has 5 rings (SSSR count). The fourth-order valence-corrected chi connectivity index (χ4v) is 5.15. The molecule has 2 aliphatic rings. The second kappa shape index (κ2) is 11.3. The molecule has 192 valence electrons. The van der Waals surface area contributed by atoms with Crippen LogP contribution in [0.15, 0.2) is 72.6 Å². The average molecular weight is 520 g/mol. The van der Waals surface area contributed by atoms with Crippen LogP contribution in [0.25, 0.3) is 5.57 Å². The van der Waals surface area contributed by atoms with E-state index in [-0.39, 0.29) is 13.0 Å². The Morgan fingerprint density at radius 2 is 1.92 bits per heavy atom. The molecule has 0 spiro atoms. The first-order chi connectivity index (χ1) is 18.0.